The van der Waals surface area contributed by atoms with Gasteiger partial charge in [0.1, 0.15) is 0 Å². The van der Waals surface area contributed by atoms with Crippen LogP contribution in [0.1, 0.15) is 38.8 Å². The van der Waals surface area contributed by atoms with E-state index in [9.17, 15) is 9.59 Å². The van der Waals surface area contributed by atoms with Crippen molar-refractivity contribution in [1.29, 1.82) is 0 Å². The van der Waals surface area contributed by atoms with Crippen molar-refractivity contribution in [2.45, 2.75) is 20.4 Å². The number of benzene rings is 2. The second-order valence-electron chi connectivity index (χ2n) is 6.79. The van der Waals surface area contributed by atoms with Crippen molar-refractivity contribution in [3.05, 3.63) is 64.7 Å². The third-order valence-electron chi connectivity index (χ3n) is 4.72. The normalized spacial score (nSPS) is 14.5. The van der Waals surface area contributed by atoms with Crippen LogP contribution in [-0.2, 0) is 16.0 Å². The second-order valence-corrected chi connectivity index (χ2v) is 6.79. The van der Waals surface area contributed by atoms with Gasteiger partial charge >= 0.3 is 5.97 Å². The lowest BCUT2D eigenvalue weighted by Crippen LogP contribution is -2.35. The van der Waals surface area contributed by atoms with Crippen molar-refractivity contribution in [2.24, 2.45) is 0 Å². The first kappa shape index (κ1) is 20.0. The Morgan fingerprint density at radius 1 is 1.07 bits per heavy atom. The summed E-state index contributed by atoms with van der Waals surface area (Å²) < 4.78 is 10.4. The fraction of sp³-hybridized carbons (Fsp3) is 0.364. The van der Waals surface area contributed by atoms with E-state index < -0.39 is 5.97 Å². The van der Waals surface area contributed by atoms with Crippen LogP contribution in [0.15, 0.2) is 42.5 Å². The summed E-state index contributed by atoms with van der Waals surface area (Å²) in [5.74, 6) is -0.604. The van der Waals surface area contributed by atoms with Crippen molar-refractivity contribution in [3.63, 3.8) is 0 Å². The lowest BCUT2D eigenvalue weighted by molar-refractivity contribution is 0.0342. The van der Waals surface area contributed by atoms with Crippen LogP contribution in [-0.4, -0.2) is 49.7 Å². The monoisotopic (exact) mass is 382 g/mol. The first-order valence-corrected chi connectivity index (χ1v) is 9.55. The molecule has 1 aliphatic heterocycles. The number of amides is 1. The molecule has 1 amide bonds. The molecule has 0 bridgehead atoms. The molecular weight excluding hydrogens is 356 g/mol. The van der Waals surface area contributed by atoms with Crippen molar-refractivity contribution in [1.82, 2.24) is 4.90 Å². The molecular formula is C22H26N2O4. The maximum Gasteiger partial charge on any atom is 0.338 e. The van der Waals surface area contributed by atoms with Crippen molar-refractivity contribution < 1.29 is 19.1 Å². The number of rotatable bonds is 6. The molecule has 2 aromatic rings. The Kier molecular flexibility index (Phi) is 6.79. The number of ether oxygens (including phenoxy) is 2. The highest BCUT2D eigenvalue weighted by Gasteiger charge is 2.13. The fourth-order valence-electron chi connectivity index (χ4n) is 3.07. The van der Waals surface area contributed by atoms with Gasteiger partial charge in [-0.05, 0) is 49.2 Å². The predicted octanol–water partition coefficient (Wildman–Crippen LogP) is 3.26. The summed E-state index contributed by atoms with van der Waals surface area (Å²) in [5, 5.41) is 2.89. The zero-order valence-corrected chi connectivity index (χ0v) is 16.4. The zero-order valence-electron chi connectivity index (χ0n) is 16.4. The van der Waals surface area contributed by atoms with Crippen LogP contribution in [0.3, 0.4) is 0 Å². The molecule has 1 heterocycles. The number of esters is 1. The third-order valence-corrected chi connectivity index (χ3v) is 4.72. The number of carbonyl (C=O) groups excluding carboxylic acids is 2. The molecule has 2 aromatic carbocycles. The first-order chi connectivity index (χ1) is 13.6. The molecule has 0 saturated carbocycles. The Morgan fingerprint density at radius 3 is 2.43 bits per heavy atom. The number of nitrogens with one attached hydrogen (secondary N) is 1. The Balaban J connectivity index is 1.65. The molecule has 28 heavy (non-hydrogen) atoms. The standard InChI is InChI=1S/C22H26N2O4/c1-3-28-22(26)19-7-4-16(2)20(14-19)23-21(25)18-8-5-17(6-9-18)15-24-10-12-27-13-11-24/h4-9,14H,3,10-13,15H2,1-2H3,(H,23,25). The molecule has 1 fully saturated rings. The van der Waals surface area contributed by atoms with Gasteiger partial charge in [-0.2, -0.15) is 0 Å². The summed E-state index contributed by atoms with van der Waals surface area (Å²) in [6.07, 6.45) is 0. The molecule has 0 atom stereocenters. The quantitative estimate of drug-likeness (QED) is 0.777. The minimum Gasteiger partial charge on any atom is -0.462 e. The summed E-state index contributed by atoms with van der Waals surface area (Å²) in [6.45, 7) is 8.21. The van der Waals surface area contributed by atoms with Gasteiger partial charge in [0, 0.05) is 30.9 Å². The van der Waals surface area contributed by atoms with Crippen LogP contribution in [0.4, 0.5) is 5.69 Å². The lowest BCUT2D eigenvalue weighted by Gasteiger charge is -2.26. The number of morpholine rings is 1. The zero-order chi connectivity index (χ0) is 19.9. The van der Waals surface area contributed by atoms with Crippen molar-refractivity contribution >= 4 is 17.6 Å². The molecule has 6 nitrogen and oxygen atoms in total. The van der Waals surface area contributed by atoms with Gasteiger partial charge in [-0.3, -0.25) is 9.69 Å². The Morgan fingerprint density at radius 2 is 1.75 bits per heavy atom. The summed E-state index contributed by atoms with van der Waals surface area (Å²) in [4.78, 5) is 26.9. The Labute approximate surface area is 165 Å². The molecule has 0 spiro atoms. The van der Waals surface area contributed by atoms with Gasteiger partial charge in [-0.15, -0.1) is 0 Å². The first-order valence-electron chi connectivity index (χ1n) is 9.55. The SMILES string of the molecule is CCOC(=O)c1ccc(C)c(NC(=O)c2ccc(CN3CCOCC3)cc2)c1. The Bertz CT molecular complexity index is 827. The summed E-state index contributed by atoms with van der Waals surface area (Å²) in [7, 11) is 0. The van der Waals surface area contributed by atoms with E-state index in [4.69, 9.17) is 9.47 Å². The van der Waals surface area contributed by atoms with E-state index in [-0.39, 0.29) is 5.91 Å². The molecule has 0 aromatic heterocycles. The predicted molar refractivity (Wildman–Crippen MR) is 108 cm³/mol. The third kappa shape index (κ3) is 5.18. The van der Waals surface area contributed by atoms with Gasteiger partial charge in [0.15, 0.2) is 0 Å². The van der Waals surface area contributed by atoms with Gasteiger partial charge in [0.05, 0.1) is 25.4 Å². The number of hydrogen-bond donors (Lipinski definition) is 1. The average molecular weight is 382 g/mol. The van der Waals surface area contributed by atoms with Crippen LogP contribution in [0, 0.1) is 6.92 Å². The topological polar surface area (TPSA) is 67.9 Å². The molecule has 0 radical (unpaired) electrons. The van der Waals surface area contributed by atoms with E-state index in [0.29, 0.717) is 23.4 Å². The molecule has 1 N–H and O–H groups in total. The van der Waals surface area contributed by atoms with Gasteiger partial charge in [0.2, 0.25) is 0 Å². The molecule has 6 heteroatoms. The number of nitrogens with zero attached hydrogens (tertiary/aromatic N) is 1. The van der Waals surface area contributed by atoms with E-state index >= 15 is 0 Å². The average Bonchev–Trinajstić information content (AvgIpc) is 2.71. The number of aryl methyl sites for hydroxylation is 1. The number of anilines is 1. The molecule has 0 unspecified atom stereocenters. The van der Waals surface area contributed by atoms with Crippen LogP contribution in [0.2, 0.25) is 0 Å². The Hall–Kier alpha value is -2.70. The number of hydrogen-bond acceptors (Lipinski definition) is 5. The number of carbonyl (C=O) groups is 2. The molecule has 3 rings (SSSR count). The van der Waals surface area contributed by atoms with Gasteiger partial charge in [-0.1, -0.05) is 18.2 Å². The van der Waals surface area contributed by atoms with Gasteiger partial charge in [0.25, 0.3) is 5.91 Å². The molecule has 148 valence electrons. The van der Waals surface area contributed by atoms with E-state index in [1.807, 2.05) is 31.2 Å². The molecule has 1 saturated heterocycles. The van der Waals surface area contributed by atoms with E-state index in [0.717, 1.165) is 38.4 Å². The summed E-state index contributed by atoms with van der Waals surface area (Å²) in [5.41, 5.74) is 3.65. The van der Waals surface area contributed by atoms with Gasteiger partial charge < -0.3 is 14.8 Å². The van der Waals surface area contributed by atoms with Crippen LogP contribution in [0.5, 0.6) is 0 Å². The largest absolute Gasteiger partial charge is 0.462 e. The smallest absolute Gasteiger partial charge is 0.338 e. The van der Waals surface area contributed by atoms with E-state index in [2.05, 4.69) is 10.2 Å². The summed E-state index contributed by atoms with van der Waals surface area (Å²) >= 11 is 0. The second kappa shape index (κ2) is 9.48. The maximum absolute atomic E-state index is 12.6. The summed E-state index contributed by atoms with van der Waals surface area (Å²) in [6, 6.07) is 12.8. The van der Waals surface area contributed by atoms with Crippen LogP contribution < -0.4 is 5.32 Å². The lowest BCUT2D eigenvalue weighted by atomic mass is 10.1. The fourth-order valence-corrected chi connectivity index (χ4v) is 3.07. The maximum atomic E-state index is 12.6. The van der Waals surface area contributed by atoms with Gasteiger partial charge in [-0.25, -0.2) is 4.79 Å². The minimum absolute atomic E-state index is 0.206. The highest BCUT2D eigenvalue weighted by Crippen LogP contribution is 2.19. The molecule has 1 aliphatic rings. The van der Waals surface area contributed by atoms with Crippen molar-refractivity contribution in [2.75, 3.05) is 38.2 Å². The van der Waals surface area contributed by atoms with Crippen molar-refractivity contribution in [3.8, 4) is 0 Å². The highest BCUT2D eigenvalue weighted by atomic mass is 16.5. The van der Waals surface area contributed by atoms with Crippen LogP contribution in [0.25, 0.3) is 0 Å². The van der Waals surface area contributed by atoms with E-state index in [1.165, 1.54) is 5.56 Å². The molecule has 0 aliphatic carbocycles. The van der Waals surface area contributed by atoms with Crippen LogP contribution >= 0.6 is 0 Å². The minimum atomic E-state index is -0.398. The van der Waals surface area contributed by atoms with E-state index in [1.54, 1.807) is 25.1 Å². The highest BCUT2D eigenvalue weighted by molar-refractivity contribution is 6.05.